The number of hydrogen-bond donors (Lipinski definition) is 3. The first-order valence-electron chi connectivity index (χ1n) is 5.23. The van der Waals surface area contributed by atoms with E-state index in [1.807, 2.05) is 0 Å². The smallest absolute Gasteiger partial charge is 0.325 e. The van der Waals surface area contributed by atoms with E-state index in [4.69, 9.17) is 10.6 Å². The number of carbonyl (C=O) groups excluding carboxylic acids is 1. The Bertz CT molecular complexity index is 450. The van der Waals surface area contributed by atoms with Gasteiger partial charge in [0.15, 0.2) is 0 Å². The summed E-state index contributed by atoms with van der Waals surface area (Å²) in [6.45, 7) is 1.79. The molecule has 0 saturated carbocycles. The molecule has 0 saturated heterocycles. The molecule has 1 rings (SSSR count). The molecular weight excluding hydrogens is 240 g/mol. The summed E-state index contributed by atoms with van der Waals surface area (Å²) in [7, 11) is 0. The lowest BCUT2D eigenvalue weighted by Crippen LogP contribution is -2.18. The van der Waals surface area contributed by atoms with Gasteiger partial charge in [-0.15, -0.1) is 0 Å². The second kappa shape index (κ2) is 6.40. The first-order valence-corrected chi connectivity index (χ1v) is 5.23. The van der Waals surface area contributed by atoms with Crippen molar-refractivity contribution in [2.45, 2.75) is 6.92 Å². The van der Waals surface area contributed by atoms with Crippen LogP contribution in [0.25, 0.3) is 0 Å². The SMILES string of the molecule is CCOC(=O)CNc1cccc(NN)c1[N+](=O)[O-]. The Labute approximate surface area is 103 Å². The first kappa shape index (κ1) is 13.7. The molecule has 18 heavy (non-hydrogen) atoms. The highest BCUT2D eigenvalue weighted by atomic mass is 16.6. The van der Waals surface area contributed by atoms with Gasteiger partial charge in [0.05, 0.1) is 11.5 Å². The number of nitrogens with one attached hydrogen (secondary N) is 2. The van der Waals surface area contributed by atoms with Gasteiger partial charge in [-0.05, 0) is 19.1 Å². The standard InChI is InChI=1S/C10H14N4O4/c1-2-18-9(15)6-12-7-4-3-5-8(13-11)10(7)14(16)17/h3-5,12-13H,2,6,11H2,1H3. The van der Waals surface area contributed by atoms with E-state index >= 15 is 0 Å². The Kier molecular flexibility index (Phi) is 4.88. The Morgan fingerprint density at radius 3 is 2.72 bits per heavy atom. The predicted molar refractivity (Wildman–Crippen MR) is 66.0 cm³/mol. The van der Waals surface area contributed by atoms with E-state index < -0.39 is 10.9 Å². The van der Waals surface area contributed by atoms with Crippen LogP contribution in [-0.4, -0.2) is 24.0 Å². The number of nitro benzene ring substituents is 1. The number of ether oxygens (including phenoxy) is 1. The van der Waals surface area contributed by atoms with E-state index in [2.05, 4.69) is 10.7 Å². The zero-order chi connectivity index (χ0) is 13.5. The van der Waals surface area contributed by atoms with Crippen molar-refractivity contribution in [3.05, 3.63) is 28.3 Å². The fourth-order valence-corrected chi connectivity index (χ4v) is 1.38. The molecule has 0 heterocycles. The van der Waals surface area contributed by atoms with Crippen molar-refractivity contribution in [3.63, 3.8) is 0 Å². The van der Waals surface area contributed by atoms with Crippen LogP contribution in [0.5, 0.6) is 0 Å². The number of rotatable bonds is 6. The Balaban J connectivity index is 2.88. The highest BCUT2D eigenvalue weighted by molar-refractivity contribution is 5.80. The molecule has 0 fully saturated rings. The van der Waals surface area contributed by atoms with Crippen molar-refractivity contribution in [3.8, 4) is 0 Å². The van der Waals surface area contributed by atoms with Crippen LogP contribution in [-0.2, 0) is 9.53 Å². The maximum atomic E-state index is 11.2. The maximum absolute atomic E-state index is 11.2. The number of para-hydroxylation sites is 1. The number of nitrogens with two attached hydrogens (primary N) is 1. The van der Waals surface area contributed by atoms with Crippen LogP contribution < -0.4 is 16.6 Å². The maximum Gasteiger partial charge on any atom is 0.325 e. The molecular formula is C10H14N4O4. The summed E-state index contributed by atoms with van der Waals surface area (Å²) >= 11 is 0. The number of esters is 1. The van der Waals surface area contributed by atoms with Gasteiger partial charge in [-0.1, -0.05) is 6.07 Å². The third-order valence-electron chi connectivity index (χ3n) is 2.10. The number of nitro groups is 1. The first-order chi connectivity index (χ1) is 8.60. The molecule has 1 aromatic rings. The molecule has 8 heteroatoms. The van der Waals surface area contributed by atoms with Crippen molar-refractivity contribution in [1.29, 1.82) is 0 Å². The average Bonchev–Trinajstić information content (AvgIpc) is 2.35. The van der Waals surface area contributed by atoms with Gasteiger partial charge in [-0.25, -0.2) is 0 Å². The van der Waals surface area contributed by atoms with Crippen LogP contribution in [0, 0.1) is 10.1 Å². The van der Waals surface area contributed by atoms with E-state index in [0.717, 1.165) is 0 Å². The second-order valence-corrected chi connectivity index (χ2v) is 3.26. The third kappa shape index (κ3) is 3.32. The van der Waals surface area contributed by atoms with Crippen molar-refractivity contribution in [2.24, 2.45) is 5.84 Å². The summed E-state index contributed by atoms with van der Waals surface area (Å²) in [6.07, 6.45) is 0. The van der Waals surface area contributed by atoms with Crippen LogP contribution in [0.3, 0.4) is 0 Å². The van der Waals surface area contributed by atoms with Crippen LogP contribution >= 0.6 is 0 Å². The molecule has 0 spiro atoms. The number of carbonyl (C=O) groups is 1. The monoisotopic (exact) mass is 254 g/mol. The van der Waals surface area contributed by atoms with Crippen molar-refractivity contribution >= 4 is 23.0 Å². The largest absolute Gasteiger partial charge is 0.465 e. The number of nitrogen functional groups attached to an aromatic ring is 1. The quantitative estimate of drug-likeness (QED) is 0.298. The van der Waals surface area contributed by atoms with E-state index in [1.54, 1.807) is 13.0 Å². The molecule has 98 valence electrons. The van der Waals surface area contributed by atoms with Gasteiger partial charge in [0.1, 0.15) is 17.9 Å². The van der Waals surface area contributed by atoms with Crippen molar-refractivity contribution in [1.82, 2.24) is 0 Å². The number of nitrogens with zero attached hydrogens (tertiary/aromatic N) is 1. The predicted octanol–water partition coefficient (Wildman–Crippen LogP) is 0.855. The zero-order valence-electron chi connectivity index (χ0n) is 9.80. The minimum absolute atomic E-state index is 0.150. The molecule has 0 amide bonds. The van der Waals surface area contributed by atoms with Gasteiger partial charge in [-0.2, -0.15) is 0 Å². The Hall–Kier alpha value is -2.35. The highest BCUT2D eigenvalue weighted by Gasteiger charge is 2.19. The van der Waals surface area contributed by atoms with Gasteiger partial charge < -0.3 is 15.5 Å². The third-order valence-corrected chi connectivity index (χ3v) is 2.10. The Morgan fingerprint density at radius 1 is 1.50 bits per heavy atom. The Morgan fingerprint density at radius 2 is 2.17 bits per heavy atom. The molecule has 0 radical (unpaired) electrons. The number of hydrogen-bond acceptors (Lipinski definition) is 7. The summed E-state index contributed by atoms with van der Waals surface area (Å²) in [6, 6.07) is 4.53. The number of anilines is 2. The summed E-state index contributed by atoms with van der Waals surface area (Å²) in [5, 5.41) is 13.6. The van der Waals surface area contributed by atoms with Gasteiger partial charge >= 0.3 is 11.7 Å². The topological polar surface area (TPSA) is 120 Å². The summed E-state index contributed by atoms with van der Waals surface area (Å²) < 4.78 is 4.71. The lowest BCUT2D eigenvalue weighted by Gasteiger charge is -2.09. The van der Waals surface area contributed by atoms with Gasteiger partial charge in [-0.3, -0.25) is 20.8 Å². The van der Waals surface area contributed by atoms with Crippen LogP contribution in [0.15, 0.2) is 18.2 Å². The van der Waals surface area contributed by atoms with E-state index in [0.29, 0.717) is 0 Å². The molecule has 0 aliphatic heterocycles. The summed E-state index contributed by atoms with van der Waals surface area (Å²) in [5.74, 6) is 4.70. The van der Waals surface area contributed by atoms with E-state index in [1.165, 1.54) is 12.1 Å². The van der Waals surface area contributed by atoms with Gasteiger partial charge in [0.25, 0.3) is 0 Å². The van der Waals surface area contributed by atoms with Gasteiger partial charge in [0, 0.05) is 0 Å². The number of hydrazine groups is 1. The van der Waals surface area contributed by atoms with Crippen molar-refractivity contribution < 1.29 is 14.5 Å². The molecule has 0 aromatic heterocycles. The fraction of sp³-hybridized carbons (Fsp3) is 0.300. The fourth-order valence-electron chi connectivity index (χ4n) is 1.38. The summed E-state index contributed by atoms with van der Waals surface area (Å²) in [5.41, 5.74) is 2.37. The highest BCUT2D eigenvalue weighted by Crippen LogP contribution is 2.31. The number of benzene rings is 1. The van der Waals surface area contributed by atoms with Crippen LogP contribution in [0.1, 0.15) is 6.92 Å². The lowest BCUT2D eigenvalue weighted by molar-refractivity contribution is -0.383. The van der Waals surface area contributed by atoms with Crippen LogP contribution in [0.4, 0.5) is 17.1 Å². The molecule has 0 atom stereocenters. The minimum Gasteiger partial charge on any atom is -0.465 e. The van der Waals surface area contributed by atoms with Crippen LogP contribution in [0.2, 0.25) is 0 Å². The second-order valence-electron chi connectivity index (χ2n) is 3.26. The van der Waals surface area contributed by atoms with Gasteiger partial charge in [0.2, 0.25) is 0 Å². The van der Waals surface area contributed by atoms with E-state index in [9.17, 15) is 14.9 Å². The lowest BCUT2D eigenvalue weighted by atomic mass is 10.2. The normalized spacial score (nSPS) is 9.67. The van der Waals surface area contributed by atoms with Crippen molar-refractivity contribution in [2.75, 3.05) is 23.9 Å². The molecule has 4 N–H and O–H groups in total. The summed E-state index contributed by atoms with van der Waals surface area (Å²) in [4.78, 5) is 21.5. The average molecular weight is 254 g/mol. The molecule has 0 aliphatic carbocycles. The zero-order valence-corrected chi connectivity index (χ0v) is 9.80. The molecule has 0 unspecified atom stereocenters. The van der Waals surface area contributed by atoms with E-state index in [-0.39, 0.29) is 30.2 Å². The minimum atomic E-state index is -0.581. The molecule has 1 aromatic carbocycles. The molecule has 0 aliphatic rings. The molecule has 8 nitrogen and oxygen atoms in total. The molecule has 0 bridgehead atoms.